The van der Waals surface area contributed by atoms with Crippen molar-refractivity contribution in [3.05, 3.63) is 28.8 Å². The van der Waals surface area contributed by atoms with E-state index in [0.29, 0.717) is 18.4 Å². The molecule has 1 amide bonds. The Balaban J connectivity index is 2.66. The Morgan fingerprint density at radius 3 is 2.48 bits per heavy atom. The van der Waals surface area contributed by atoms with E-state index in [1.165, 1.54) is 6.07 Å². The summed E-state index contributed by atoms with van der Waals surface area (Å²) in [5.74, 6) is -0.978. The van der Waals surface area contributed by atoms with Crippen molar-refractivity contribution in [3.63, 3.8) is 0 Å². The van der Waals surface area contributed by atoms with Crippen LogP contribution in [0.1, 0.15) is 41.8 Å². The van der Waals surface area contributed by atoms with E-state index >= 15 is 0 Å². The first-order valence-corrected chi connectivity index (χ1v) is 8.07. The molecular formula is C14H19N3O3S. The highest BCUT2D eigenvalue weighted by molar-refractivity contribution is 7.92. The predicted octanol–water partition coefficient (Wildman–Crippen LogP) is 0.907. The van der Waals surface area contributed by atoms with E-state index in [9.17, 15) is 13.2 Å². The summed E-state index contributed by atoms with van der Waals surface area (Å²) in [6, 6.07) is 3.13. The van der Waals surface area contributed by atoms with Gasteiger partial charge in [-0.3, -0.25) is 4.79 Å². The van der Waals surface area contributed by atoms with Crippen LogP contribution in [0.2, 0.25) is 0 Å². The standard InChI is InChI=1S/C14H19N3O3S/c1-8-6-9-4-5-14(2,3)21(19,20)11(9)7-10(8)12(18)17-13(15)16/h6-7H,4-5H2,1-3H3,(H4,15,16,17,18). The van der Waals surface area contributed by atoms with Crippen LogP contribution in [0.4, 0.5) is 0 Å². The van der Waals surface area contributed by atoms with Crippen LogP contribution in [-0.4, -0.2) is 25.0 Å². The summed E-state index contributed by atoms with van der Waals surface area (Å²) in [4.78, 5) is 15.7. The minimum Gasteiger partial charge on any atom is -0.370 e. The van der Waals surface area contributed by atoms with Gasteiger partial charge in [0.25, 0.3) is 5.91 Å². The van der Waals surface area contributed by atoms with Gasteiger partial charge in [-0.15, -0.1) is 0 Å². The fraction of sp³-hybridized carbons (Fsp3) is 0.429. The Hall–Kier alpha value is -1.89. The first kappa shape index (κ1) is 15.5. The van der Waals surface area contributed by atoms with Gasteiger partial charge in [-0.25, -0.2) is 8.42 Å². The molecule has 0 radical (unpaired) electrons. The predicted molar refractivity (Wildman–Crippen MR) is 80.9 cm³/mol. The lowest BCUT2D eigenvalue weighted by atomic mass is 9.97. The molecular weight excluding hydrogens is 290 g/mol. The number of fused-ring (bicyclic) bond motifs is 1. The molecule has 1 aromatic carbocycles. The van der Waals surface area contributed by atoms with Gasteiger partial charge in [-0.2, -0.15) is 4.99 Å². The molecule has 0 spiro atoms. The molecule has 4 N–H and O–H groups in total. The lowest BCUT2D eigenvalue weighted by Gasteiger charge is -2.31. The third kappa shape index (κ3) is 2.53. The molecule has 7 heteroatoms. The summed E-state index contributed by atoms with van der Waals surface area (Å²) >= 11 is 0. The number of guanidine groups is 1. The average molecular weight is 309 g/mol. The molecule has 1 aliphatic rings. The second-order valence-electron chi connectivity index (χ2n) is 5.88. The lowest BCUT2D eigenvalue weighted by molar-refractivity contribution is 0.100. The van der Waals surface area contributed by atoms with Crippen molar-refractivity contribution < 1.29 is 13.2 Å². The number of nitrogens with zero attached hydrogens (tertiary/aromatic N) is 1. The van der Waals surface area contributed by atoms with Crippen LogP contribution in [0.15, 0.2) is 22.0 Å². The van der Waals surface area contributed by atoms with Crippen LogP contribution < -0.4 is 11.5 Å². The van der Waals surface area contributed by atoms with E-state index in [2.05, 4.69) is 4.99 Å². The lowest BCUT2D eigenvalue weighted by Crippen LogP contribution is -2.36. The molecule has 0 atom stereocenters. The second-order valence-corrected chi connectivity index (χ2v) is 8.43. The van der Waals surface area contributed by atoms with Gasteiger partial charge in [0.15, 0.2) is 15.8 Å². The summed E-state index contributed by atoms with van der Waals surface area (Å²) in [7, 11) is -3.48. The molecule has 0 unspecified atom stereocenters. The highest BCUT2D eigenvalue weighted by atomic mass is 32.2. The Kier molecular flexibility index (Phi) is 3.57. The number of sulfone groups is 1. The van der Waals surface area contributed by atoms with Crippen molar-refractivity contribution in [2.75, 3.05) is 0 Å². The number of hydrogen-bond acceptors (Lipinski definition) is 3. The number of nitrogens with two attached hydrogens (primary N) is 2. The first-order chi connectivity index (χ1) is 9.56. The topological polar surface area (TPSA) is 116 Å². The molecule has 1 aliphatic heterocycles. The van der Waals surface area contributed by atoms with Crippen molar-refractivity contribution in [2.24, 2.45) is 16.5 Å². The minimum atomic E-state index is -3.48. The van der Waals surface area contributed by atoms with Gasteiger partial charge in [0.05, 0.1) is 9.64 Å². The first-order valence-electron chi connectivity index (χ1n) is 6.58. The minimum absolute atomic E-state index is 0.207. The van der Waals surface area contributed by atoms with Crippen LogP contribution in [0.25, 0.3) is 0 Å². The maximum absolute atomic E-state index is 12.6. The Morgan fingerprint density at radius 1 is 1.29 bits per heavy atom. The van der Waals surface area contributed by atoms with E-state index in [4.69, 9.17) is 11.5 Å². The smallest absolute Gasteiger partial charge is 0.280 e. The van der Waals surface area contributed by atoms with E-state index in [1.807, 2.05) is 0 Å². The molecule has 2 rings (SSSR count). The number of aliphatic imine (C=N–C) groups is 1. The summed E-state index contributed by atoms with van der Waals surface area (Å²) < 4.78 is 24.4. The Morgan fingerprint density at radius 2 is 1.90 bits per heavy atom. The van der Waals surface area contributed by atoms with Crippen molar-refractivity contribution in [1.29, 1.82) is 0 Å². The molecule has 21 heavy (non-hydrogen) atoms. The number of carbonyl (C=O) groups is 1. The Labute approximate surface area is 124 Å². The van der Waals surface area contributed by atoms with Crippen molar-refractivity contribution in [2.45, 2.75) is 43.3 Å². The largest absolute Gasteiger partial charge is 0.370 e. The van der Waals surface area contributed by atoms with E-state index in [1.54, 1.807) is 26.8 Å². The maximum Gasteiger partial charge on any atom is 0.280 e. The van der Waals surface area contributed by atoms with Crippen molar-refractivity contribution in [3.8, 4) is 0 Å². The molecule has 0 saturated heterocycles. The number of amides is 1. The number of rotatable bonds is 1. The molecule has 0 aliphatic carbocycles. The fourth-order valence-corrected chi connectivity index (χ4v) is 4.21. The molecule has 1 heterocycles. The highest BCUT2D eigenvalue weighted by Gasteiger charge is 2.41. The summed E-state index contributed by atoms with van der Waals surface area (Å²) in [6.45, 7) is 5.13. The monoisotopic (exact) mass is 309 g/mol. The molecule has 0 bridgehead atoms. The third-order valence-corrected chi connectivity index (χ3v) is 6.50. The quantitative estimate of drug-likeness (QED) is 0.591. The van der Waals surface area contributed by atoms with Gasteiger partial charge in [-0.1, -0.05) is 6.07 Å². The zero-order chi connectivity index (χ0) is 16.0. The van der Waals surface area contributed by atoms with Gasteiger partial charge in [0, 0.05) is 5.56 Å². The van der Waals surface area contributed by atoms with Gasteiger partial charge >= 0.3 is 0 Å². The van der Waals surface area contributed by atoms with Crippen molar-refractivity contribution >= 4 is 21.7 Å². The van der Waals surface area contributed by atoms with Crippen molar-refractivity contribution in [1.82, 2.24) is 0 Å². The summed E-state index contributed by atoms with van der Waals surface area (Å²) in [6.07, 6.45) is 1.22. The van der Waals surface area contributed by atoms with Crippen LogP contribution in [0, 0.1) is 6.92 Å². The Bertz CT molecular complexity index is 745. The van der Waals surface area contributed by atoms with Gasteiger partial charge in [0.2, 0.25) is 0 Å². The maximum atomic E-state index is 12.6. The molecule has 114 valence electrons. The van der Waals surface area contributed by atoms with Crippen LogP contribution in [0.5, 0.6) is 0 Å². The number of aryl methyl sites for hydroxylation is 2. The van der Waals surface area contributed by atoms with Gasteiger partial charge in [-0.05, 0) is 50.8 Å². The molecule has 0 saturated carbocycles. The van der Waals surface area contributed by atoms with Crippen LogP contribution in [-0.2, 0) is 16.3 Å². The molecule has 1 aromatic rings. The SMILES string of the molecule is Cc1cc2c(cc1C(=O)N=C(N)N)S(=O)(=O)C(C)(C)CC2. The fourth-order valence-electron chi connectivity index (χ4n) is 2.47. The summed E-state index contributed by atoms with van der Waals surface area (Å²) in [5, 5.41) is 0. The van der Waals surface area contributed by atoms with Crippen LogP contribution in [0.3, 0.4) is 0 Å². The van der Waals surface area contributed by atoms with Gasteiger partial charge in [0.1, 0.15) is 0 Å². The number of benzene rings is 1. The van der Waals surface area contributed by atoms with Gasteiger partial charge < -0.3 is 11.5 Å². The molecule has 0 aromatic heterocycles. The van der Waals surface area contributed by atoms with E-state index in [-0.39, 0.29) is 16.4 Å². The zero-order valence-corrected chi connectivity index (χ0v) is 13.1. The second kappa shape index (κ2) is 4.84. The number of carbonyl (C=O) groups excluding carboxylic acids is 1. The zero-order valence-electron chi connectivity index (χ0n) is 12.3. The van der Waals surface area contributed by atoms with E-state index in [0.717, 1.165) is 5.56 Å². The average Bonchev–Trinajstić information content (AvgIpc) is 2.33. The molecule has 6 nitrogen and oxygen atoms in total. The number of hydrogen-bond donors (Lipinski definition) is 2. The third-order valence-electron chi connectivity index (χ3n) is 3.88. The van der Waals surface area contributed by atoms with E-state index < -0.39 is 20.5 Å². The van der Waals surface area contributed by atoms with Crippen LogP contribution >= 0.6 is 0 Å². The molecule has 0 fully saturated rings. The summed E-state index contributed by atoms with van der Waals surface area (Å²) in [5.41, 5.74) is 12.0. The normalized spacial score (nSPS) is 18.6. The highest BCUT2D eigenvalue weighted by Crippen LogP contribution is 2.38.